The maximum atomic E-state index is 11.3. The van der Waals surface area contributed by atoms with E-state index in [9.17, 15) is 4.79 Å². The van der Waals surface area contributed by atoms with Gasteiger partial charge in [0, 0.05) is 13.5 Å². The molecule has 0 unspecified atom stereocenters. The molecule has 0 radical (unpaired) electrons. The van der Waals surface area contributed by atoms with E-state index in [1.807, 2.05) is 39.8 Å². The maximum absolute atomic E-state index is 11.3. The van der Waals surface area contributed by atoms with Gasteiger partial charge in [-0.15, -0.1) is 0 Å². The van der Waals surface area contributed by atoms with Crippen molar-refractivity contribution in [1.29, 1.82) is 0 Å². The number of carbonyl (C=O) groups excluding carboxylic acids is 1. The van der Waals surface area contributed by atoms with E-state index in [-0.39, 0.29) is 5.91 Å². The van der Waals surface area contributed by atoms with Gasteiger partial charge in [-0.25, -0.2) is 0 Å². The van der Waals surface area contributed by atoms with Gasteiger partial charge in [-0.05, 0) is 50.9 Å². The van der Waals surface area contributed by atoms with Gasteiger partial charge in [-0.3, -0.25) is 4.79 Å². The fourth-order valence-electron chi connectivity index (χ4n) is 2.27. The zero-order valence-electron chi connectivity index (χ0n) is 14.8. The molecule has 2 rings (SSSR count). The molecule has 3 N–H and O–H groups in total. The number of anilines is 1. The fourth-order valence-corrected chi connectivity index (χ4v) is 2.46. The van der Waals surface area contributed by atoms with Crippen LogP contribution in [0.4, 0.5) is 5.69 Å². The number of halogens is 1. The van der Waals surface area contributed by atoms with Crippen LogP contribution >= 0.6 is 11.6 Å². The molecule has 0 bridgehead atoms. The summed E-state index contributed by atoms with van der Waals surface area (Å²) in [6, 6.07) is 5.38. The smallest absolute Gasteiger partial charge is 0.400 e. The quantitative estimate of drug-likeness (QED) is 0.646. The van der Waals surface area contributed by atoms with Crippen molar-refractivity contribution >= 4 is 36.4 Å². The van der Waals surface area contributed by atoms with Crippen molar-refractivity contribution in [3.05, 3.63) is 34.3 Å². The molecular weight excluding hydrogens is 326 g/mol. The molecule has 1 aromatic carbocycles. The number of benzene rings is 1. The highest BCUT2D eigenvalue weighted by Gasteiger charge is 2.52. The molecule has 1 heterocycles. The minimum Gasteiger partial charge on any atom is -0.400 e. The van der Waals surface area contributed by atoms with Crippen LogP contribution in [0.1, 0.15) is 40.2 Å². The Balaban J connectivity index is 2.33. The van der Waals surface area contributed by atoms with E-state index in [1.165, 1.54) is 6.92 Å². The highest BCUT2D eigenvalue weighted by Crippen LogP contribution is 2.38. The number of nitrogen functional groups attached to an aromatic ring is 1. The van der Waals surface area contributed by atoms with Crippen LogP contribution < -0.4 is 11.1 Å². The Bertz CT molecular complexity index is 658. The summed E-state index contributed by atoms with van der Waals surface area (Å²) in [5, 5.41) is 3.28. The number of hydrogen-bond acceptors (Lipinski definition) is 4. The van der Waals surface area contributed by atoms with Crippen LogP contribution in [0.25, 0.3) is 6.08 Å². The summed E-state index contributed by atoms with van der Waals surface area (Å²) in [6.07, 6.45) is 1.91. The maximum Gasteiger partial charge on any atom is 0.492 e. The van der Waals surface area contributed by atoms with Crippen molar-refractivity contribution in [2.45, 2.75) is 45.8 Å². The molecule has 1 amide bonds. The lowest BCUT2D eigenvalue weighted by Crippen LogP contribution is -2.41. The topological polar surface area (TPSA) is 73.6 Å². The van der Waals surface area contributed by atoms with Crippen LogP contribution in [0.5, 0.6) is 0 Å². The summed E-state index contributed by atoms with van der Waals surface area (Å²) < 4.78 is 12.2. The summed E-state index contributed by atoms with van der Waals surface area (Å²) >= 11 is 6.09. The van der Waals surface area contributed by atoms with Crippen LogP contribution in [0.3, 0.4) is 0 Å². The van der Waals surface area contributed by atoms with E-state index < -0.39 is 18.3 Å². The largest absolute Gasteiger partial charge is 0.492 e. The first-order valence-electron chi connectivity index (χ1n) is 7.87. The second kappa shape index (κ2) is 6.79. The van der Waals surface area contributed by atoms with Crippen LogP contribution in [0.15, 0.2) is 23.7 Å². The lowest BCUT2D eigenvalue weighted by molar-refractivity contribution is -0.118. The van der Waals surface area contributed by atoms with E-state index in [1.54, 1.807) is 12.1 Å². The number of nitrogens with two attached hydrogens (primary N) is 1. The average molecular weight is 351 g/mol. The molecule has 1 aliphatic heterocycles. The van der Waals surface area contributed by atoms with Crippen LogP contribution in [0, 0.1) is 0 Å². The Hall–Kier alpha value is -1.50. The molecule has 0 saturated carbocycles. The minimum absolute atomic E-state index is 0.118. The van der Waals surface area contributed by atoms with Gasteiger partial charge in [-0.2, -0.15) is 0 Å². The average Bonchev–Trinajstić information content (AvgIpc) is 2.67. The second-order valence-electron chi connectivity index (χ2n) is 7.00. The Morgan fingerprint density at radius 1 is 1.29 bits per heavy atom. The third-order valence-electron chi connectivity index (χ3n) is 4.47. The molecule has 1 aliphatic rings. The highest BCUT2D eigenvalue weighted by molar-refractivity contribution is 6.56. The number of nitrogens with one attached hydrogen (secondary N) is 1. The zero-order chi connectivity index (χ0) is 18.1. The molecule has 1 saturated heterocycles. The van der Waals surface area contributed by atoms with E-state index in [0.29, 0.717) is 17.3 Å². The molecule has 0 aromatic heterocycles. The Kier molecular flexibility index (Phi) is 5.33. The molecule has 24 heavy (non-hydrogen) atoms. The van der Waals surface area contributed by atoms with Crippen LogP contribution in [-0.2, 0) is 14.1 Å². The molecule has 130 valence electrons. The predicted octanol–water partition coefficient (Wildman–Crippen LogP) is 3.07. The Morgan fingerprint density at radius 3 is 2.38 bits per heavy atom. The highest BCUT2D eigenvalue weighted by atomic mass is 35.5. The lowest BCUT2D eigenvalue weighted by Gasteiger charge is -2.32. The minimum atomic E-state index is -0.543. The van der Waals surface area contributed by atoms with Gasteiger partial charge in [-0.1, -0.05) is 23.7 Å². The molecule has 1 fully saturated rings. The normalized spacial score (nSPS) is 19.4. The van der Waals surface area contributed by atoms with Crippen LogP contribution in [0.2, 0.25) is 5.02 Å². The van der Waals surface area contributed by atoms with Gasteiger partial charge in [0.25, 0.3) is 0 Å². The van der Waals surface area contributed by atoms with Crippen molar-refractivity contribution < 1.29 is 14.1 Å². The summed E-state index contributed by atoms with van der Waals surface area (Å²) in [7, 11) is -0.543. The van der Waals surface area contributed by atoms with E-state index >= 15 is 0 Å². The van der Waals surface area contributed by atoms with Crippen LogP contribution in [-0.4, -0.2) is 30.8 Å². The molecular formula is C17H24BClN2O3. The van der Waals surface area contributed by atoms with Gasteiger partial charge in [0.05, 0.1) is 21.9 Å². The van der Waals surface area contributed by atoms with Gasteiger partial charge in [0.1, 0.15) is 0 Å². The third kappa shape index (κ3) is 4.12. The molecule has 0 atom stereocenters. The molecule has 7 heteroatoms. The predicted molar refractivity (Wildman–Crippen MR) is 98.6 cm³/mol. The summed E-state index contributed by atoms with van der Waals surface area (Å²) in [4.78, 5) is 11.3. The molecule has 5 nitrogen and oxygen atoms in total. The standard InChI is InChI=1S/C17H24BClN2O3/c1-11(22)21-10-13(8-12-6-7-15(20)14(19)9-12)18-23-16(2,3)17(4,5)24-18/h6-9H,10,20H2,1-5H3,(H,21,22). The summed E-state index contributed by atoms with van der Waals surface area (Å²) in [5.41, 5.74) is 7.04. The second-order valence-corrected chi connectivity index (χ2v) is 7.41. The summed E-state index contributed by atoms with van der Waals surface area (Å²) in [6.45, 7) is 9.76. The molecule has 0 spiro atoms. The van der Waals surface area contributed by atoms with E-state index in [2.05, 4.69) is 5.32 Å². The Morgan fingerprint density at radius 2 is 1.88 bits per heavy atom. The third-order valence-corrected chi connectivity index (χ3v) is 4.80. The van der Waals surface area contributed by atoms with Gasteiger partial charge < -0.3 is 20.4 Å². The first kappa shape index (κ1) is 18.8. The number of rotatable bonds is 4. The number of carbonyl (C=O) groups is 1. The van der Waals surface area contributed by atoms with Gasteiger partial charge in [0.2, 0.25) is 5.91 Å². The van der Waals surface area contributed by atoms with Crippen molar-refractivity contribution in [3.8, 4) is 0 Å². The van der Waals surface area contributed by atoms with E-state index in [4.69, 9.17) is 26.6 Å². The Labute approximate surface area is 148 Å². The molecule has 1 aromatic rings. The SMILES string of the molecule is CC(=O)NCC(=Cc1ccc(N)c(Cl)c1)B1OC(C)(C)C(C)(C)O1. The van der Waals surface area contributed by atoms with Crippen molar-refractivity contribution in [3.63, 3.8) is 0 Å². The van der Waals surface area contributed by atoms with Crippen molar-refractivity contribution in [2.75, 3.05) is 12.3 Å². The summed E-state index contributed by atoms with van der Waals surface area (Å²) in [5.74, 6) is -0.118. The number of amides is 1. The van der Waals surface area contributed by atoms with Crippen molar-refractivity contribution in [2.24, 2.45) is 0 Å². The zero-order valence-corrected chi connectivity index (χ0v) is 15.5. The number of hydrogen-bond donors (Lipinski definition) is 2. The fraction of sp³-hybridized carbons (Fsp3) is 0.471. The first-order valence-corrected chi connectivity index (χ1v) is 8.25. The monoisotopic (exact) mass is 350 g/mol. The van der Waals surface area contributed by atoms with Crippen molar-refractivity contribution in [1.82, 2.24) is 5.32 Å². The van der Waals surface area contributed by atoms with E-state index in [0.717, 1.165) is 11.0 Å². The lowest BCUT2D eigenvalue weighted by atomic mass is 9.77. The van der Waals surface area contributed by atoms with Gasteiger partial charge in [0.15, 0.2) is 0 Å². The van der Waals surface area contributed by atoms with Gasteiger partial charge >= 0.3 is 7.12 Å². The molecule has 0 aliphatic carbocycles. The first-order chi connectivity index (χ1) is 11.0.